The van der Waals surface area contributed by atoms with Crippen molar-refractivity contribution in [2.45, 2.75) is 37.4 Å². The number of nitrogens with two attached hydrogens (primary N) is 1. The van der Waals surface area contributed by atoms with Gasteiger partial charge in [-0.05, 0) is 6.92 Å². The van der Waals surface area contributed by atoms with E-state index in [0.29, 0.717) is 11.2 Å². The SMILES string of the molecule is CC(O)[C@]1(n2cnc3c(N)ncnc32)C[C@H](O)[C@@H](CO)O1. The summed E-state index contributed by atoms with van der Waals surface area (Å²) in [5, 5.41) is 29.5. The summed E-state index contributed by atoms with van der Waals surface area (Å²) in [6.07, 6.45) is 0.190. The lowest BCUT2D eigenvalue weighted by Gasteiger charge is -2.33. The van der Waals surface area contributed by atoms with E-state index < -0.39 is 24.0 Å². The molecule has 114 valence electrons. The number of ether oxygens (including phenoxy) is 1. The first-order valence-corrected chi connectivity index (χ1v) is 6.58. The molecule has 1 aliphatic rings. The first kappa shape index (κ1) is 14.1. The lowest BCUT2D eigenvalue weighted by atomic mass is 10.0. The number of aromatic nitrogens is 4. The van der Waals surface area contributed by atoms with Crippen molar-refractivity contribution in [3.05, 3.63) is 12.7 Å². The molecule has 5 N–H and O–H groups in total. The van der Waals surface area contributed by atoms with Gasteiger partial charge in [-0.2, -0.15) is 0 Å². The minimum atomic E-state index is -1.26. The maximum atomic E-state index is 10.2. The van der Waals surface area contributed by atoms with Crippen LogP contribution >= 0.6 is 0 Å². The van der Waals surface area contributed by atoms with Crippen molar-refractivity contribution < 1.29 is 20.1 Å². The van der Waals surface area contributed by atoms with Crippen LogP contribution in [0.4, 0.5) is 5.82 Å². The Balaban J connectivity index is 2.16. The van der Waals surface area contributed by atoms with E-state index in [1.165, 1.54) is 17.2 Å². The van der Waals surface area contributed by atoms with Crippen molar-refractivity contribution in [3.8, 4) is 0 Å². The topological polar surface area (TPSA) is 140 Å². The number of rotatable bonds is 3. The smallest absolute Gasteiger partial charge is 0.176 e. The summed E-state index contributed by atoms with van der Waals surface area (Å²) in [6, 6.07) is 0. The largest absolute Gasteiger partial charge is 0.394 e. The summed E-state index contributed by atoms with van der Waals surface area (Å²) < 4.78 is 7.27. The third-order valence-electron chi connectivity index (χ3n) is 3.89. The van der Waals surface area contributed by atoms with E-state index in [0.717, 1.165) is 0 Å². The molecule has 9 heteroatoms. The Labute approximate surface area is 120 Å². The molecule has 0 aromatic carbocycles. The Bertz CT molecular complexity index is 660. The van der Waals surface area contributed by atoms with E-state index in [9.17, 15) is 15.3 Å². The number of aliphatic hydroxyl groups is 3. The Morgan fingerprint density at radius 1 is 1.52 bits per heavy atom. The molecule has 21 heavy (non-hydrogen) atoms. The van der Waals surface area contributed by atoms with Gasteiger partial charge in [0.25, 0.3) is 0 Å². The normalized spacial score (nSPS) is 30.9. The number of aliphatic hydroxyl groups excluding tert-OH is 3. The highest BCUT2D eigenvalue weighted by Gasteiger charge is 2.51. The van der Waals surface area contributed by atoms with Gasteiger partial charge >= 0.3 is 0 Å². The highest BCUT2D eigenvalue weighted by Crippen LogP contribution is 2.39. The van der Waals surface area contributed by atoms with Gasteiger partial charge in [0.15, 0.2) is 17.2 Å². The summed E-state index contributed by atoms with van der Waals surface area (Å²) in [7, 11) is 0. The van der Waals surface area contributed by atoms with Crippen molar-refractivity contribution in [2.75, 3.05) is 12.3 Å². The Hall–Kier alpha value is -1.81. The van der Waals surface area contributed by atoms with E-state index in [4.69, 9.17) is 10.5 Å². The van der Waals surface area contributed by atoms with Crippen molar-refractivity contribution in [3.63, 3.8) is 0 Å². The van der Waals surface area contributed by atoms with E-state index in [1.807, 2.05) is 0 Å². The molecule has 0 spiro atoms. The average molecular weight is 295 g/mol. The predicted octanol–water partition coefficient (Wildman–Crippen LogP) is -1.42. The molecule has 1 unspecified atom stereocenters. The fourth-order valence-electron chi connectivity index (χ4n) is 2.73. The number of imidazole rings is 1. The summed E-state index contributed by atoms with van der Waals surface area (Å²) in [5.41, 5.74) is 5.28. The molecular formula is C12H17N5O4. The molecule has 1 saturated heterocycles. The van der Waals surface area contributed by atoms with E-state index >= 15 is 0 Å². The molecule has 3 rings (SSSR count). The minimum absolute atomic E-state index is 0.102. The monoisotopic (exact) mass is 295 g/mol. The maximum Gasteiger partial charge on any atom is 0.176 e. The standard InChI is InChI=1S/C12H17N5O4/c1-6(19)12(2-7(20)8(3-18)21-12)17-5-16-9-10(13)14-4-15-11(9)17/h4-8,18-20H,2-3H2,1H3,(H2,13,14,15)/t6?,7-,8+,12-/m0/s1. The lowest BCUT2D eigenvalue weighted by Crippen LogP contribution is -2.44. The number of nitrogens with zero attached hydrogens (tertiary/aromatic N) is 4. The summed E-state index contributed by atoms with van der Waals surface area (Å²) in [5.74, 6) is 0.219. The van der Waals surface area contributed by atoms with Gasteiger partial charge in [-0.15, -0.1) is 0 Å². The fraction of sp³-hybridized carbons (Fsp3) is 0.583. The number of fused-ring (bicyclic) bond motifs is 1. The average Bonchev–Trinajstić information content (AvgIpc) is 3.01. The van der Waals surface area contributed by atoms with Crippen molar-refractivity contribution >= 4 is 17.0 Å². The first-order chi connectivity index (χ1) is 9.99. The second kappa shape index (κ2) is 4.88. The third-order valence-corrected chi connectivity index (χ3v) is 3.89. The molecule has 1 aliphatic heterocycles. The van der Waals surface area contributed by atoms with Gasteiger partial charge in [0.05, 0.1) is 25.1 Å². The second-order valence-electron chi connectivity index (χ2n) is 5.18. The summed E-state index contributed by atoms with van der Waals surface area (Å²) in [6.45, 7) is 1.20. The molecule has 0 aliphatic carbocycles. The molecule has 0 saturated carbocycles. The van der Waals surface area contributed by atoms with E-state index in [1.54, 1.807) is 6.92 Å². The summed E-state index contributed by atoms with van der Waals surface area (Å²) >= 11 is 0. The number of nitrogen functional groups attached to an aromatic ring is 1. The lowest BCUT2D eigenvalue weighted by molar-refractivity contribution is -0.169. The van der Waals surface area contributed by atoms with Gasteiger partial charge in [0.2, 0.25) is 0 Å². The van der Waals surface area contributed by atoms with Gasteiger partial charge in [-0.25, -0.2) is 15.0 Å². The number of hydrogen-bond acceptors (Lipinski definition) is 8. The van der Waals surface area contributed by atoms with E-state index in [2.05, 4.69) is 15.0 Å². The zero-order chi connectivity index (χ0) is 15.2. The highest BCUT2D eigenvalue weighted by atomic mass is 16.6. The maximum absolute atomic E-state index is 10.2. The van der Waals surface area contributed by atoms with Crippen molar-refractivity contribution in [1.29, 1.82) is 0 Å². The van der Waals surface area contributed by atoms with Gasteiger partial charge in [0.1, 0.15) is 17.9 Å². The quantitative estimate of drug-likeness (QED) is 0.541. The third kappa shape index (κ3) is 1.97. The fourth-order valence-corrected chi connectivity index (χ4v) is 2.73. The Morgan fingerprint density at radius 2 is 2.29 bits per heavy atom. The Kier molecular flexibility index (Phi) is 3.29. The van der Waals surface area contributed by atoms with Gasteiger partial charge in [-0.3, -0.25) is 4.57 Å². The first-order valence-electron chi connectivity index (χ1n) is 6.58. The molecule has 1 fully saturated rings. The molecular weight excluding hydrogens is 278 g/mol. The molecule has 0 radical (unpaired) electrons. The molecule has 0 bridgehead atoms. The van der Waals surface area contributed by atoms with Gasteiger partial charge < -0.3 is 25.8 Å². The van der Waals surface area contributed by atoms with Crippen LogP contribution in [0.25, 0.3) is 11.2 Å². The predicted molar refractivity (Wildman–Crippen MR) is 72.0 cm³/mol. The number of hydrogen-bond donors (Lipinski definition) is 4. The molecule has 3 heterocycles. The van der Waals surface area contributed by atoms with Crippen LogP contribution in [-0.2, 0) is 10.5 Å². The zero-order valence-electron chi connectivity index (χ0n) is 11.4. The summed E-state index contributed by atoms with van der Waals surface area (Å²) in [4.78, 5) is 12.1. The van der Waals surface area contributed by atoms with Crippen molar-refractivity contribution in [1.82, 2.24) is 19.5 Å². The molecule has 0 amide bonds. The van der Waals surface area contributed by atoms with Gasteiger partial charge in [0, 0.05) is 6.42 Å². The van der Waals surface area contributed by atoms with Crippen LogP contribution in [0.3, 0.4) is 0 Å². The molecule has 4 atom stereocenters. The van der Waals surface area contributed by atoms with Crippen LogP contribution in [0.5, 0.6) is 0 Å². The number of anilines is 1. The van der Waals surface area contributed by atoms with Crippen LogP contribution in [0.15, 0.2) is 12.7 Å². The molecule has 2 aromatic rings. The second-order valence-corrected chi connectivity index (χ2v) is 5.18. The molecule has 2 aromatic heterocycles. The van der Waals surface area contributed by atoms with Crippen LogP contribution in [0, 0.1) is 0 Å². The van der Waals surface area contributed by atoms with E-state index in [-0.39, 0.29) is 18.8 Å². The minimum Gasteiger partial charge on any atom is -0.394 e. The van der Waals surface area contributed by atoms with Gasteiger partial charge in [-0.1, -0.05) is 0 Å². The van der Waals surface area contributed by atoms with Crippen LogP contribution in [0.1, 0.15) is 13.3 Å². The zero-order valence-corrected chi connectivity index (χ0v) is 11.4. The van der Waals surface area contributed by atoms with Crippen molar-refractivity contribution in [2.24, 2.45) is 0 Å². The highest BCUT2D eigenvalue weighted by molar-refractivity contribution is 5.81. The Morgan fingerprint density at radius 3 is 2.90 bits per heavy atom. The van der Waals surface area contributed by atoms with Crippen LogP contribution < -0.4 is 5.73 Å². The van der Waals surface area contributed by atoms with Crippen LogP contribution in [0.2, 0.25) is 0 Å². The molecule has 9 nitrogen and oxygen atoms in total. The van der Waals surface area contributed by atoms with Crippen LogP contribution in [-0.4, -0.2) is 59.8 Å².